The number of anilines is 1. The van der Waals surface area contributed by atoms with Crippen LogP contribution in [0.3, 0.4) is 0 Å². The van der Waals surface area contributed by atoms with E-state index < -0.39 is 28.5 Å². The zero-order chi connectivity index (χ0) is 12.3. The largest absolute Gasteiger partial charge is 0.378 e. The molecule has 1 heterocycles. The Kier molecular flexibility index (Phi) is 3.30. The van der Waals surface area contributed by atoms with Gasteiger partial charge in [-0.3, -0.25) is 10.1 Å². The van der Waals surface area contributed by atoms with Crippen LogP contribution in [0.4, 0.5) is 20.3 Å². The molecule has 0 aliphatic heterocycles. The van der Waals surface area contributed by atoms with Crippen molar-refractivity contribution in [3.63, 3.8) is 0 Å². The van der Waals surface area contributed by atoms with Crippen LogP contribution in [-0.4, -0.2) is 9.91 Å². The van der Waals surface area contributed by atoms with E-state index >= 15 is 0 Å². The highest BCUT2D eigenvalue weighted by Gasteiger charge is 2.22. The second-order valence-corrected chi connectivity index (χ2v) is 2.83. The number of nitriles is 1. The van der Waals surface area contributed by atoms with Crippen molar-refractivity contribution >= 4 is 11.5 Å². The fourth-order valence-electron chi connectivity index (χ4n) is 1.13. The van der Waals surface area contributed by atoms with Crippen LogP contribution in [0.5, 0.6) is 0 Å². The first kappa shape index (κ1) is 11.8. The lowest BCUT2D eigenvalue weighted by molar-refractivity contribution is -0.384. The highest BCUT2D eigenvalue weighted by atomic mass is 19.3. The summed E-state index contributed by atoms with van der Waals surface area (Å²) in [4.78, 5) is 12.9. The number of aromatic nitrogens is 1. The Bertz CT molecular complexity index is 470. The standard InChI is InChI=1S/C8H6F2N4O2/c9-7(10)6-4(1-2-11)3-5(14(15)16)8(12)13-6/h3,7H,1H2,(H2,12,13). The molecule has 0 saturated heterocycles. The van der Waals surface area contributed by atoms with Gasteiger partial charge in [-0.1, -0.05) is 0 Å². The molecule has 8 heteroatoms. The maximum absolute atomic E-state index is 12.5. The van der Waals surface area contributed by atoms with Gasteiger partial charge in [0.2, 0.25) is 5.82 Å². The van der Waals surface area contributed by atoms with Crippen LogP contribution < -0.4 is 5.73 Å². The van der Waals surface area contributed by atoms with Crippen molar-refractivity contribution in [2.45, 2.75) is 12.8 Å². The lowest BCUT2D eigenvalue weighted by Gasteiger charge is -2.06. The Morgan fingerprint density at radius 2 is 2.31 bits per heavy atom. The number of nitro groups is 1. The maximum Gasteiger partial charge on any atom is 0.311 e. The third-order valence-electron chi connectivity index (χ3n) is 1.82. The van der Waals surface area contributed by atoms with Crippen molar-refractivity contribution in [2.75, 3.05) is 5.73 Å². The molecule has 0 aliphatic carbocycles. The third kappa shape index (κ3) is 2.20. The fourth-order valence-corrected chi connectivity index (χ4v) is 1.13. The van der Waals surface area contributed by atoms with Crippen molar-refractivity contribution < 1.29 is 13.7 Å². The number of nitrogens with zero attached hydrogens (tertiary/aromatic N) is 3. The SMILES string of the molecule is N#CCc1cc([N+](=O)[O-])c(N)nc1C(F)F. The van der Waals surface area contributed by atoms with Gasteiger partial charge in [0.25, 0.3) is 6.43 Å². The molecule has 0 spiro atoms. The van der Waals surface area contributed by atoms with Crippen molar-refractivity contribution in [3.8, 4) is 6.07 Å². The van der Waals surface area contributed by atoms with Gasteiger partial charge >= 0.3 is 5.69 Å². The number of nitrogens with two attached hydrogens (primary N) is 1. The van der Waals surface area contributed by atoms with Crippen LogP contribution in [0.25, 0.3) is 0 Å². The third-order valence-corrected chi connectivity index (χ3v) is 1.82. The van der Waals surface area contributed by atoms with Gasteiger partial charge < -0.3 is 5.73 Å². The summed E-state index contributed by atoms with van der Waals surface area (Å²) in [7, 11) is 0. The van der Waals surface area contributed by atoms with Crippen LogP contribution in [-0.2, 0) is 6.42 Å². The molecular weight excluding hydrogens is 222 g/mol. The van der Waals surface area contributed by atoms with E-state index in [-0.39, 0.29) is 12.0 Å². The molecule has 1 aromatic heterocycles. The molecule has 0 amide bonds. The molecule has 0 radical (unpaired) electrons. The fraction of sp³-hybridized carbons (Fsp3) is 0.250. The zero-order valence-corrected chi connectivity index (χ0v) is 7.85. The minimum Gasteiger partial charge on any atom is -0.378 e. The minimum atomic E-state index is -2.92. The van der Waals surface area contributed by atoms with Crippen molar-refractivity contribution in [2.24, 2.45) is 0 Å². The predicted octanol–water partition coefficient (Wildman–Crippen LogP) is 1.58. The molecule has 0 aromatic carbocycles. The topological polar surface area (TPSA) is 106 Å². The average molecular weight is 228 g/mol. The predicted molar refractivity (Wildman–Crippen MR) is 49.6 cm³/mol. The molecule has 0 aliphatic rings. The van der Waals surface area contributed by atoms with E-state index in [9.17, 15) is 18.9 Å². The summed E-state index contributed by atoms with van der Waals surface area (Å²) in [6.45, 7) is 0. The van der Waals surface area contributed by atoms with Crippen LogP contribution in [0.15, 0.2) is 6.07 Å². The summed E-state index contributed by atoms with van der Waals surface area (Å²) < 4.78 is 24.9. The van der Waals surface area contributed by atoms with Gasteiger partial charge in [0.05, 0.1) is 17.4 Å². The molecule has 6 nitrogen and oxygen atoms in total. The molecule has 2 N–H and O–H groups in total. The van der Waals surface area contributed by atoms with Gasteiger partial charge in [0.1, 0.15) is 5.69 Å². The van der Waals surface area contributed by atoms with Crippen LogP contribution in [0, 0.1) is 21.4 Å². The molecule has 0 saturated carbocycles. The van der Waals surface area contributed by atoms with Gasteiger partial charge in [-0.05, 0) is 0 Å². The van der Waals surface area contributed by atoms with Gasteiger partial charge in [-0.15, -0.1) is 0 Å². The van der Waals surface area contributed by atoms with Crippen molar-refractivity contribution in [1.29, 1.82) is 5.26 Å². The number of hydrogen-bond donors (Lipinski definition) is 1. The monoisotopic (exact) mass is 228 g/mol. The highest BCUT2D eigenvalue weighted by molar-refractivity contribution is 5.55. The van der Waals surface area contributed by atoms with E-state index in [4.69, 9.17) is 11.0 Å². The molecule has 1 aromatic rings. The maximum atomic E-state index is 12.5. The van der Waals surface area contributed by atoms with Gasteiger partial charge in [-0.25, -0.2) is 13.8 Å². The van der Waals surface area contributed by atoms with Crippen molar-refractivity contribution in [1.82, 2.24) is 4.98 Å². The smallest absolute Gasteiger partial charge is 0.311 e. The molecule has 0 bridgehead atoms. The van der Waals surface area contributed by atoms with E-state index in [0.717, 1.165) is 6.07 Å². The molecule has 0 atom stereocenters. The molecule has 1 rings (SSSR count). The number of hydrogen-bond acceptors (Lipinski definition) is 5. The van der Waals surface area contributed by atoms with Gasteiger partial charge in [-0.2, -0.15) is 5.26 Å². The summed E-state index contributed by atoms with van der Waals surface area (Å²) in [5.74, 6) is -0.581. The van der Waals surface area contributed by atoms with Gasteiger partial charge in [0.15, 0.2) is 0 Å². The Morgan fingerprint density at radius 1 is 1.69 bits per heavy atom. The summed E-state index contributed by atoms with van der Waals surface area (Å²) in [6.07, 6.45) is -3.31. The number of nitrogen functional groups attached to an aromatic ring is 1. The van der Waals surface area contributed by atoms with E-state index in [0.29, 0.717) is 0 Å². The van der Waals surface area contributed by atoms with Gasteiger partial charge in [0, 0.05) is 11.6 Å². The van der Waals surface area contributed by atoms with Crippen LogP contribution in [0.2, 0.25) is 0 Å². The van der Waals surface area contributed by atoms with E-state index in [1.54, 1.807) is 6.07 Å². The first-order valence-electron chi connectivity index (χ1n) is 4.06. The van der Waals surface area contributed by atoms with E-state index in [1.807, 2.05) is 0 Å². The summed E-state index contributed by atoms with van der Waals surface area (Å²) in [5, 5.41) is 18.9. The first-order valence-corrected chi connectivity index (χ1v) is 4.06. The first-order chi connectivity index (χ1) is 7.47. The molecular formula is C8H6F2N4O2. The second kappa shape index (κ2) is 4.48. The van der Waals surface area contributed by atoms with E-state index in [1.165, 1.54) is 0 Å². The number of pyridine rings is 1. The number of alkyl halides is 2. The highest BCUT2D eigenvalue weighted by Crippen LogP contribution is 2.28. The molecule has 16 heavy (non-hydrogen) atoms. The molecule has 0 fully saturated rings. The Morgan fingerprint density at radius 3 is 2.75 bits per heavy atom. The zero-order valence-electron chi connectivity index (χ0n) is 7.85. The molecule has 84 valence electrons. The quantitative estimate of drug-likeness (QED) is 0.624. The summed E-state index contributed by atoms with van der Waals surface area (Å²) in [5.41, 5.74) is 3.71. The summed E-state index contributed by atoms with van der Waals surface area (Å²) >= 11 is 0. The minimum absolute atomic E-state index is 0.182. The Balaban J connectivity index is 3.38. The van der Waals surface area contributed by atoms with Crippen LogP contribution >= 0.6 is 0 Å². The van der Waals surface area contributed by atoms with Crippen molar-refractivity contribution in [3.05, 3.63) is 27.4 Å². The second-order valence-electron chi connectivity index (χ2n) is 2.83. The van der Waals surface area contributed by atoms with Crippen LogP contribution in [0.1, 0.15) is 17.7 Å². The Labute approximate surface area is 88.5 Å². The summed E-state index contributed by atoms with van der Waals surface area (Å²) in [6, 6.07) is 2.48. The average Bonchev–Trinajstić information content (AvgIpc) is 2.19. The molecule has 0 unspecified atom stereocenters. The lowest BCUT2D eigenvalue weighted by atomic mass is 10.1. The normalized spacial score (nSPS) is 10.1. The number of rotatable bonds is 3. The number of halogens is 2. The van der Waals surface area contributed by atoms with E-state index in [2.05, 4.69) is 4.98 Å². The lowest BCUT2D eigenvalue weighted by Crippen LogP contribution is -2.05. The Hall–Kier alpha value is -2.30.